The van der Waals surface area contributed by atoms with E-state index in [4.69, 9.17) is 0 Å². The molecule has 1 saturated heterocycles. The van der Waals surface area contributed by atoms with Crippen LogP contribution in [0.1, 0.15) is 53.7 Å². The van der Waals surface area contributed by atoms with E-state index in [2.05, 4.69) is 5.32 Å². The lowest BCUT2D eigenvalue weighted by molar-refractivity contribution is -0.138. The molecule has 3 heterocycles. The van der Waals surface area contributed by atoms with Crippen LogP contribution in [-0.2, 0) is 27.7 Å². The van der Waals surface area contributed by atoms with Gasteiger partial charge < -0.3 is 15.1 Å². The van der Waals surface area contributed by atoms with Gasteiger partial charge in [0.15, 0.2) is 0 Å². The van der Waals surface area contributed by atoms with E-state index in [9.17, 15) is 27.6 Å². The van der Waals surface area contributed by atoms with Crippen molar-refractivity contribution in [3.05, 3.63) is 64.7 Å². The van der Waals surface area contributed by atoms with Crippen LogP contribution in [-0.4, -0.2) is 46.7 Å². The van der Waals surface area contributed by atoms with Gasteiger partial charge in [0.1, 0.15) is 6.04 Å². The van der Waals surface area contributed by atoms with E-state index in [1.54, 1.807) is 4.90 Å². The number of halogens is 3. The second-order valence-electron chi connectivity index (χ2n) is 10.00. The number of rotatable bonds is 4. The van der Waals surface area contributed by atoms with Crippen LogP contribution < -0.4 is 5.32 Å². The third-order valence-electron chi connectivity index (χ3n) is 7.36. The molecule has 9 heteroatoms. The molecule has 3 aliphatic rings. The van der Waals surface area contributed by atoms with Gasteiger partial charge in [-0.05, 0) is 48.1 Å². The fourth-order valence-corrected chi connectivity index (χ4v) is 5.67. The van der Waals surface area contributed by atoms with Crippen LogP contribution in [0.25, 0.3) is 0 Å². The van der Waals surface area contributed by atoms with Gasteiger partial charge in [0, 0.05) is 30.9 Å². The molecule has 0 aliphatic carbocycles. The first-order valence-electron chi connectivity index (χ1n) is 11.7. The third kappa shape index (κ3) is 3.68. The van der Waals surface area contributed by atoms with Crippen molar-refractivity contribution in [3.63, 3.8) is 0 Å². The number of nitrogens with one attached hydrogen (secondary N) is 1. The molecular formula is C26H26F3N3O3. The number of hydrogen-bond acceptors (Lipinski definition) is 3. The summed E-state index contributed by atoms with van der Waals surface area (Å²) in [6.07, 6.45) is -3.83. The summed E-state index contributed by atoms with van der Waals surface area (Å²) in [5.41, 5.74) is -0.218. The molecule has 2 atom stereocenters. The maximum absolute atomic E-state index is 13.8. The average Bonchev–Trinajstić information content (AvgIpc) is 3.47. The zero-order chi connectivity index (χ0) is 25.1. The number of para-hydroxylation sites is 1. The minimum atomic E-state index is -4.59. The molecule has 0 bridgehead atoms. The van der Waals surface area contributed by atoms with Crippen molar-refractivity contribution >= 4 is 23.4 Å². The quantitative estimate of drug-likeness (QED) is 0.706. The Balaban J connectivity index is 1.44. The zero-order valence-corrected chi connectivity index (χ0v) is 19.5. The molecule has 6 nitrogen and oxygen atoms in total. The molecule has 1 spiro atoms. The molecule has 0 saturated carbocycles. The normalized spacial score (nSPS) is 22.1. The molecule has 3 amide bonds. The molecular weight excluding hydrogens is 459 g/mol. The maximum atomic E-state index is 13.8. The van der Waals surface area contributed by atoms with Crippen molar-refractivity contribution in [1.82, 2.24) is 9.80 Å². The van der Waals surface area contributed by atoms with Crippen molar-refractivity contribution in [2.45, 2.75) is 50.9 Å². The van der Waals surface area contributed by atoms with Crippen molar-refractivity contribution in [1.29, 1.82) is 0 Å². The Morgan fingerprint density at radius 1 is 1.11 bits per heavy atom. The van der Waals surface area contributed by atoms with E-state index in [1.807, 2.05) is 38.1 Å². The van der Waals surface area contributed by atoms with Gasteiger partial charge in [-0.2, -0.15) is 13.2 Å². The summed E-state index contributed by atoms with van der Waals surface area (Å²) in [7, 11) is 0. The van der Waals surface area contributed by atoms with E-state index in [0.717, 1.165) is 17.3 Å². The highest BCUT2D eigenvalue weighted by Gasteiger charge is 2.53. The lowest BCUT2D eigenvalue weighted by Gasteiger charge is -2.32. The van der Waals surface area contributed by atoms with Gasteiger partial charge in [0.05, 0.1) is 11.0 Å². The molecule has 184 valence electrons. The first-order chi connectivity index (χ1) is 16.5. The minimum absolute atomic E-state index is 0.0108. The summed E-state index contributed by atoms with van der Waals surface area (Å²) in [6, 6.07) is 10.1. The Hall–Kier alpha value is -3.36. The number of fused-ring (bicyclic) bond motifs is 3. The van der Waals surface area contributed by atoms with Crippen molar-refractivity contribution in [2.24, 2.45) is 5.92 Å². The standard InChI is InChI=1S/C26H26F3N3O3/c1-15(2)12-21(32-13-17-16(22(32)33)6-5-8-18(17)26(27,28)29)23(34)31-11-10-25(14-31)19-7-3-4-9-20(19)30-24(25)35/h3-9,15,21H,10-14H2,1-2H3,(H,30,35)/t21-,25-/m0/s1. The second-order valence-corrected chi connectivity index (χ2v) is 10.00. The summed E-state index contributed by atoms with van der Waals surface area (Å²) < 4.78 is 40.8. The Morgan fingerprint density at radius 3 is 2.57 bits per heavy atom. The zero-order valence-electron chi connectivity index (χ0n) is 19.5. The van der Waals surface area contributed by atoms with Gasteiger partial charge in [-0.1, -0.05) is 38.1 Å². The summed E-state index contributed by atoms with van der Waals surface area (Å²) >= 11 is 0. The number of anilines is 1. The average molecular weight is 486 g/mol. The van der Waals surface area contributed by atoms with E-state index >= 15 is 0 Å². The molecule has 0 unspecified atom stereocenters. The van der Waals surface area contributed by atoms with Gasteiger partial charge in [-0.3, -0.25) is 14.4 Å². The molecule has 5 rings (SSSR count). The van der Waals surface area contributed by atoms with Crippen molar-refractivity contribution in [2.75, 3.05) is 18.4 Å². The summed E-state index contributed by atoms with van der Waals surface area (Å²) in [5.74, 6) is -1.03. The smallest absolute Gasteiger partial charge is 0.339 e. The van der Waals surface area contributed by atoms with E-state index in [0.29, 0.717) is 19.4 Å². The lowest BCUT2D eigenvalue weighted by atomic mass is 9.81. The highest BCUT2D eigenvalue weighted by Crippen LogP contribution is 2.45. The van der Waals surface area contributed by atoms with Crippen LogP contribution in [0.3, 0.4) is 0 Å². The third-order valence-corrected chi connectivity index (χ3v) is 7.36. The Bertz CT molecular complexity index is 1230. The van der Waals surface area contributed by atoms with Gasteiger partial charge in [-0.15, -0.1) is 0 Å². The second kappa shape index (κ2) is 8.10. The molecule has 1 N–H and O–H groups in total. The van der Waals surface area contributed by atoms with E-state index in [1.165, 1.54) is 17.0 Å². The molecule has 2 aromatic carbocycles. The number of alkyl halides is 3. The number of likely N-dealkylation sites (tertiary alicyclic amines) is 1. The molecule has 1 fully saturated rings. The van der Waals surface area contributed by atoms with Gasteiger partial charge in [0.2, 0.25) is 11.8 Å². The largest absolute Gasteiger partial charge is 0.416 e. The molecule has 3 aliphatic heterocycles. The van der Waals surface area contributed by atoms with Gasteiger partial charge in [-0.25, -0.2) is 0 Å². The van der Waals surface area contributed by atoms with E-state index in [-0.39, 0.29) is 41.9 Å². The number of carbonyl (C=O) groups excluding carboxylic acids is 3. The highest BCUT2D eigenvalue weighted by molar-refractivity contribution is 6.07. The van der Waals surface area contributed by atoms with Crippen LogP contribution in [0.4, 0.5) is 18.9 Å². The summed E-state index contributed by atoms with van der Waals surface area (Å²) in [5, 5.41) is 2.90. The molecule has 0 radical (unpaired) electrons. The highest BCUT2D eigenvalue weighted by atomic mass is 19.4. The number of hydrogen-bond donors (Lipinski definition) is 1. The van der Waals surface area contributed by atoms with Crippen molar-refractivity contribution in [3.8, 4) is 0 Å². The topological polar surface area (TPSA) is 69.7 Å². The van der Waals surface area contributed by atoms with Crippen LogP contribution >= 0.6 is 0 Å². The fourth-order valence-electron chi connectivity index (χ4n) is 5.67. The Labute approximate surface area is 201 Å². The van der Waals surface area contributed by atoms with Crippen LogP contribution in [0, 0.1) is 5.92 Å². The van der Waals surface area contributed by atoms with Gasteiger partial charge >= 0.3 is 6.18 Å². The maximum Gasteiger partial charge on any atom is 0.416 e. The number of amides is 3. The predicted molar refractivity (Wildman–Crippen MR) is 123 cm³/mol. The first-order valence-corrected chi connectivity index (χ1v) is 11.7. The molecule has 2 aromatic rings. The molecule has 0 aromatic heterocycles. The summed E-state index contributed by atoms with van der Waals surface area (Å²) in [6.45, 7) is 4.04. The molecule has 35 heavy (non-hydrogen) atoms. The predicted octanol–water partition coefficient (Wildman–Crippen LogP) is 4.20. The Kier molecular flexibility index (Phi) is 5.41. The van der Waals surface area contributed by atoms with Crippen LogP contribution in [0.15, 0.2) is 42.5 Å². The lowest BCUT2D eigenvalue weighted by Crippen LogP contribution is -2.50. The van der Waals surface area contributed by atoms with E-state index < -0.39 is 29.1 Å². The SMILES string of the molecule is CC(C)C[C@@H](C(=O)N1CC[C@@]2(C1)C(=O)Nc1ccccc12)N1Cc2c(cccc2C(F)(F)F)C1=O. The monoisotopic (exact) mass is 485 g/mol. The van der Waals surface area contributed by atoms with Crippen molar-refractivity contribution < 1.29 is 27.6 Å². The van der Waals surface area contributed by atoms with Crippen LogP contribution in [0.2, 0.25) is 0 Å². The fraction of sp³-hybridized carbons (Fsp3) is 0.423. The Morgan fingerprint density at radius 2 is 1.86 bits per heavy atom. The number of carbonyl (C=O) groups is 3. The first kappa shape index (κ1) is 23.4. The van der Waals surface area contributed by atoms with Gasteiger partial charge in [0.25, 0.3) is 5.91 Å². The number of benzene rings is 2. The minimum Gasteiger partial charge on any atom is -0.339 e. The summed E-state index contributed by atoms with van der Waals surface area (Å²) in [4.78, 5) is 42.8. The van der Waals surface area contributed by atoms with Crippen LogP contribution in [0.5, 0.6) is 0 Å². The number of nitrogens with zero attached hydrogens (tertiary/aromatic N) is 2.